The normalized spacial score (nSPS) is 17.4. The molecule has 20 heavy (non-hydrogen) atoms. The fourth-order valence-corrected chi connectivity index (χ4v) is 2.89. The molecule has 2 N–H and O–H groups in total. The molecule has 1 heterocycles. The largest absolute Gasteiger partial charge is 0.478 e. The minimum Gasteiger partial charge on any atom is -0.478 e. The summed E-state index contributed by atoms with van der Waals surface area (Å²) in [6.07, 6.45) is 5.09. The summed E-state index contributed by atoms with van der Waals surface area (Å²) in [5, 5.41) is 12.3. The molecule has 1 aromatic heterocycles. The van der Waals surface area contributed by atoms with Gasteiger partial charge in [-0.3, -0.25) is 0 Å². The summed E-state index contributed by atoms with van der Waals surface area (Å²) in [6, 6.07) is 5.52. The molecule has 5 heteroatoms. The Morgan fingerprint density at radius 2 is 2.20 bits per heavy atom. The van der Waals surface area contributed by atoms with Gasteiger partial charge in [-0.1, -0.05) is 12.8 Å². The molecule has 1 aliphatic rings. The number of rotatable bonds is 4. The second kappa shape index (κ2) is 5.15. The molecule has 1 atom stereocenters. The molecule has 0 saturated heterocycles. The lowest BCUT2D eigenvalue weighted by atomic mass is 10.0. The third-order valence-electron chi connectivity index (χ3n) is 4.09. The Morgan fingerprint density at radius 3 is 2.90 bits per heavy atom. The van der Waals surface area contributed by atoms with E-state index in [-0.39, 0.29) is 5.56 Å². The number of aromatic carboxylic acids is 1. The minimum atomic E-state index is -0.961. The van der Waals surface area contributed by atoms with Crippen LogP contribution in [0.5, 0.6) is 0 Å². The van der Waals surface area contributed by atoms with Gasteiger partial charge in [0.15, 0.2) is 5.58 Å². The van der Waals surface area contributed by atoms with E-state index in [1.54, 1.807) is 6.07 Å². The van der Waals surface area contributed by atoms with E-state index < -0.39 is 5.97 Å². The van der Waals surface area contributed by atoms with Crippen molar-refractivity contribution in [3.63, 3.8) is 0 Å². The molecule has 2 aromatic rings. The predicted octanol–water partition coefficient (Wildman–Crippen LogP) is 3.52. The van der Waals surface area contributed by atoms with Gasteiger partial charge in [-0.15, -0.1) is 0 Å². The predicted molar refractivity (Wildman–Crippen MR) is 76.0 cm³/mol. The molecule has 0 amide bonds. The summed E-state index contributed by atoms with van der Waals surface area (Å²) in [7, 11) is 0. The lowest BCUT2D eigenvalue weighted by Crippen LogP contribution is -2.23. The van der Waals surface area contributed by atoms with Crippen LogP contribution in [0, 0.1) is 5.92 Å². The Labute approximate surface area is 117 Å². The quantitative estimate of drug-likeness (QED) is 0.892. The average Bonchev–Trinajstić information content (AvgIpc) is 3.06. The number of nitrogens with one attached hydrogen (secondary N) is 1. The van der Waals surface area contributed by atoms with Gasteiger partial charge in [-0.2, -0.15) is 4.98 Å². The van der Waals surface area contributed by atoms with Gasteiger partial charge in [-0.25, -0.2) is 4.79 Å². The average molecular weight is 274 g/mol. The van der Waals surface area contributed by atoms with Gasteiger partial charge in [-0.05, 0) is 43.9 Å². The monoisotopic (exact) mass is 274 g/mol. The van der Waals surface area contributed by atoms with Crippen LogP contribution in [-0.4, -0.2) is 22.1 Å². The van der Waals surface area contributed by atoms with Crippen molar-refractivity contribution in [2.45, 2.75) is 38.6 Å². The van der Waals surface area contributed by atoms with E-state index in [4.69, 9.17) is 9.52 Å². The Hall–Kier alpha value is -2.04. The van der Waals surface area contributed by atoms with E-state index in [0.717, 1.165) is 0 Å². The van der Waals surface area contributed by atoms with Crippen LogP contribution in [0.4, 0.5) is 6.01 Å². The summed E-state index contributed by atoms with van der Waals surface area (Å²) in [5.74, 6) is -0.295. The van der Waals surface area contributed by atoms with Crippen molar-refractivity contribution < 1.29 is 14.3 Å². The standard InChI is InChI=1S/C15H18N2O3/c1-9(10-4-2-3-5-10)16-15-17-12-7-6-11(14(18)19)8-13(12)20-15/h6-10H,2-5H2,1H3,(H,16,17)(H,18,19). The van der Waals surface area contributed by atoms with Crippen LogP contribution in [0.15, 0.2) is 22.6 Å². The molecule has 0 spiro atoms. The van der Waals surface area contributed by atoms with Gasteiger partial charge in [0.2, 0.25) is 0 Å². The highest BCUT2D eigenvalue weighted by Gasteiger charge is 2.22. The molecular weight excluding hydrogens is 256 g/mol. The molecule has 1 aliphatic carbocycles. The SMILES string of the molecule is CC(Nc1nc2ccc(C(=O)O)cc2o1)C1CCCC1. The molecule has 0 radical (unpaired) electrons. The third-order valence-corrected chi connectivity index (χ3v) is 4.09. The van der Waals surface area contributed by atoms with Crippen molar-refractivity contribution in [3.05, 3.63) is 23.8 Å². The second-order valence-corrected chi connectivity index (χ2v) is 5.48. The van der Waals surface area contributed by atoms with Crippen LogP contribution in [-0.2, 0) is 0 Å². The van der Waals surface area contributed by atoms with E-state index in [1.165, 1.54) is 37.8 Å². The second-order valence-electron chi connectivity index (χ2n) is 5.48. The van der Waals surface area contributed by atoms with Crippen LogP contribution in [0.1, 0.15) is 43.0 Å². The molecule has 0 bridgehead atoms. The lowest BCUT2D eigenvalue weighted by Gasteiger charge is -2.18. The topological polar surface area (TPSA) is 75.4 Å². The number of hydrogen-bond acceptors (Lipinski definition) is 4. The van der Waals surface area contributed by atoms with E-state index in [9.17, 15) is 4.79 Å². The number of carboxylic acids is 1. The lowest BCUT2D eigenvalue weighted by molar-refractivity contribution is 0.0697. The maximum Gasteiger partial charge on any atom is 0.335 e. The van der Waals surface area contributed by atoms with E-state index in [2.05, 4.69) is 17.2 Å². The zero-order valence-corrected chi connectivity index (χ0v) is 11.4. The maximum atomic E-state index is 10.9. The van der Waals surface area contributed by atoms with Gasteiger partial charge in [0.25, 0.3) is 6.01 Å². The van der Waals surface area contributed by atoms with Crippen molar-refractivity contribution in [1.29, 1.82) is 0 Å². The Bertz CT molecular complexity index is 629. The Balaban J connectivity index is 1.79. The molecular formula is C15H18N2O3. The number of aromatic nitrogens is 1. The highest BCUT2D eigenvalue weighted by Crippen LogP contribution is 2.29. The first-order valence-electron chi connectivity index (χ1n) is 7.04. The summed E-state index contributed by atoms with van der Waals surface area (Å²) >= 11 is 0. The molecule has 1 saturated carbocycles. The van der Waals surface area contributed by atoms with E-state index >= 15 is 0 Å². The number of fused-ring (bicyclic) bond motifs is 1. The van der Waals surface area contributed by atoms with Crippen molar-refractivity contribution in [2.75, 3.05) is 5.32 Å². The number of anilines is 1. The van der Waals surface area contributed by atoms with Crippen LogP contribution in [0.25, 0.3) is 11.1 Å². The van der Waals surface area contributed by atoms with Gasteiger partial charge < -0.3 is 14.8 Å². The Kier molecular flexibility index (Phi) is 3.34. The van der Waals surface area contributed by atoms with Crippen molar-refractivity contribution >= 4 is 23.1 Å². The van der Waals surface area contributed by atoms with Crippen LogP contribution < -0.4 is 5.32 Å². The zero-order valence-electron chi connectivity index (χ0n) is 11.4. The number of carbonyl (C=O) groups is 1. The van der Waals surface area contributed by atoms with Gasteiger partial charge in [0, 0.05) is 6.04 Å². The number of oxazole rings is 1. The molecule has 1 aromatic carbocycles. The summed E-state index contributed by atoms with van der Waals surface area (Å²) in [6.45, 7) is 2.15. The molecule has 0 aliphatic heterocycles. The zero-order chi connectivity index (χ0) is 14.1. The van der Waals surface area contributed by atoms with E-state index in [0.29, 0.717) is 29.1 Å². The van der Waals surface area contributed by atoms with Crippen LogP contribution in [0.3, 0.4) is 0 Å². The fourth-order valence-electron chi connectivity index (χ4n) is 2.89. The van der Waals surface area contributed by atoms with E-state index in [1.807, 2.05) is 0 Å². The van der Waals surface area contributed by atoms with Gasteiger partial charge in [0.05, 0.1) is 5.56 Å². The Morgan fingerprint density at radius 1 is 1.45 bits per heavy atom. The molecule has 106 valence electrons. The van der Waals surface area contributed by atoms with Crippen molar-refractivity contribution in [1.82, 2.24) is 4.98 Å². The molecule has 3 rings (SSSR count). The van der Waals surface area contributed by atoms with Crippen LogP contribution in [0.2, 0.25) is 0 Å². The summed E-state index contributed by atoms with van der Waals surface area (Å²) in [4.78, 5) is 15.3. The van der Waals surface area contributed by atoms with Gasteiger partial charge in [0.1, 0.15) is 5.52 Å². The number of hydrogen-bond donors (Lipinski definition) is 2. The fraction of sp³-hybridized carbons (Fsp3) is 0.467. The third kappa shape index (κ3) is 2.48. The van der Waals surface area contributed by atoms with Crippen molar-refractivity contribution in [2.24, 2.45) is 5.92 Å². The summed E-state index contributed by atoms with van der Waals surface area (Å²) < 4.78 is 5.60. The van der Waals surface area contributed by atoms with Gasteiger partial charge >= 0.3 is 5.97 Å². The smallest absolute Gasteiger partial charge is 0.335 e. The number of benzene rings is 1. The van der Waals surface area contributed by atoms with Crippen LogP contribution >= 0.6 is 0 Å². The number of nitrogens with zero attached hydrogens (tertiary/aromatic N) is 1. The summed E-state index contributed by atoms with van der Waals surface area (Å²) in [5.41, 5.74) is 1.39. The minimum absolute atomic E-state index is 0.212. The highest BCUT2D eigenvalue weighted by atomic mass is 16.4. The molecule has 1 fully saturated rings. The number of carboxylic acid groups (broad SMARTS) is 1. The maximum absolute atomic E-state index is 10.9. The first-order chi connectivity index (χ1) is 9.63. The first kappa shape index (κ1) is 13.0. The highest BCUT2D eigenvalue weighted by molar-refractivity contribution is 5.92. The van der Waals surface area contributed by atoms with Crippen molar-refractivity contribution in [3.8, 4) is 0 Å². The molecule has 1 unspecified atom stereocenters. The first-order valence-corrected chi connectivity index (χ1v) is 7.04. The molecule has 5 nitrogen and oxygen atoms in total.